The highest BCUT2D eigenvalue weighted by molar-refractivity contribution is 7.89. The monoisotopic (exact) mass is 193 g/mol. The zero-order valence-electron chi connectivity index (χ0n) is 7.03. The number of hydrogen-bond acceptors (Lipinski definition) is 3. The van der Waals surface area contributed by atoms with Crippen LogP contribution in [0.4, 0.5) is 0 Å². The molecular formula is C7H15NO3S. The highest BCUT2D eigenvalue weighted by atomic mass is 32.2. The Morgan fingerprint density at radius 1 is 1.42 bits per heavy atom. The summed E-state index contributed by atoms with van der Waals surface area (Å²) in [6, 6.07) is 0. The van der Waals surface area contributed by atoms with Crippen molar-refractivity contribution < 1.29 is 13.2 Å². The van der Waals surface area contributed by atoms with Crippen LogP contribution in [0.3, 0.4) is 0 Å². The molecule has 1 aliphatic rings. The van der Waals surface area contributed by atoms with Gasteiger partial charge in [-0.15, -0.1) is 0 Å². The number of ether oxygens (including phenoxy) is 1. The van der Waals surface area contributed by atoms with Gasteiger partial charge in [0.15, 0.2) is 0 Å². The van der Waals surface area contributed by atoms with E-state index in [0.29, 0.717) is 6.42 Å². The topological polar surface area (TPSA) is 69.4 Å². The molecule has 1 aliphatic heterocycles. The standard InChI is InChI=1S/C7H15NO3S/c8-12(9,10)6-4-7-3-1-2-5-11-7/h7H,1-6H2,(H2,8,9,10)/t7-/m1/s1. The molecule has 0 amide bonds. The molecule has 1 fully saturated rings. The summed E-state index contributed by atoms with van der Waals surface area (Å²) < 4.78 is 26.5. The van der Waals surface area contributed by atoms with Crippen molar-refractivity contribution in [3.63, 3.8) is 0 Å². The third-order valence-electron chi connectivity index (χ3n) is 2.00. The van der Waals surface area contributed by atoms with Crippen LogP contribution < -0.4 is 5.14 Å². The fourth-order valence-corrected chi connectivity index (χ4v) is 1.92. The summed E-state index contributed by atoms with van der Waals surface area (Å²) in [4.78, 5) is 0. The minimum absolute atomic E-state index is 0.0394. The first-order valence-electron chi connectivity index (χ1n) is 4.20. The first-order chi connectivity index (χ1) is 5.58. The molecule has 0 unspecified atom stereocenters. The highest BCUT2D eigenvalue weighted by Crippen LogP contribution is 2.15. The molecule has 1 heterocycles. The van der Waals surface area contributed by atoms with Crippen molar-refractivity contribution in [2.45, 2.75) is 31.8 Å². The Balaban J connectivity index is 2.22. The van der Waals surface area contributed by atoms with Gasteiger partial charge < -0.3 is 4.74 Å². The molecule has 1 saturated heterocycles. The van der Waals surface area contributed by atoms with E-state index in [1.807, 2.05) is 0 Å². The lowest BCUT2D eigenvalue weighted by Crippen LogP contribution is -2.25. The molecular weight excluding hydrogens is 178 g/mol. The Kier molecular flexibility index (Phi) is 3.49. The number of nitrogens with two attached hydrogens (primary N) is 1. The number of primary sulfonamides is 1. The summed E-state index contributed by atoms with van der Waals surface area (Å²) in [5.74, 6) is 0.0394. The molecule has 0 bridgehead atoms. The first kappa shape index (κ1) is 9.95. The minimum Gasteiger partial charge on any atom is -0.378 e. The van der Waals surface area contributed by atoms with Gasteiger partial charge in [-0.3, -0.25) is 0 Å². The Morgan fingerprint density at radius 2 is 2.17 bits per heavy atom. The molecule has 0 spiro atoms. The summed E-state index contributed by atoms with van der Waals surface area (Å²) in [7, 11) is -3.30. The van der Waals surface area contributed by atoms with Gasteiger partial charge in [-0.05, 0) is 25.7 Å². The summed E-state index contributed by atoms with van der Waals surface area (Å²) in [6.07, 6.45) is 3.84. The Hall–Kier alpha value is -0.130. The van der Waals surface area contributed by atoms with Crippen LogP contribution in [0.15, 0.2) is 0 Å². The van der Waals surface area contributed by atoms with Crippen LogP contribution in [0.1, 0.15) is 25.7 Å². The van der Waals surface area contributed by atoms with E-state index in [-0.39, 0.29) is 11.9 Å². The molecule has 4 nitrogen and oxygen atoms in total. The van der Waals surface area contributed by atoms with Gasteiger partial charge in [0, 0.05) is 6.61 Å². The lowest BCUT2D eigenvalue weighted by atomic mass is 10.1. The van der Waals surface area contributed by atoms with Crippen molar-refractivity contribution in [1.82, 2.24) is 0 Å². The molecule has 12 heavy (non-hydrogen) atoms. The highest BCUT2D eigenvalue weighted by Gasteiger charge is 2.15. The molecule has 5 heteroatoms. The van der Waals surface area contributed by atoms with E-state index in [0.717, 1.165) is 25.9 Å². The maximum absolute atomic E-state index is 10.6. The molecule has 72 valence electrons. The third-order valence-corrected chi connectivity index (χ3v) is 2.80. The summed E-state index contributed by atoms with van der Waals surface area (Å²) in [6.45, 7) is 0.759. The lowest BCUT2D eigenvalue weighted by molar-refractivity contribution is 0.0147. The fraction of sp³-hybridized carbons (Fsp3) is 1.00. The average Bonchev–Trinajstić information content (AvgIpc) is 2.02. The average molecular weight is 193 g/mol. The van der Waals surface area contributed by atoms with Crippen LogP contribution in [0.2, 0.25) is 0 Å². The first-order valence-corrected chi connectivity index (χ1v) is 5.91. The second-order valence-electron chi connectivity index (χ2n) is 3.14. The van der Waals surface area contributed by atoms with E-state index in [9.17, 15) is 8.42 Å². The largest absolute Gasteiger partial charge is 0.378 e. The van der Waals surface area contributed by atoms with Gasteiger partial charge in [-0.1, -0.05) is 0 Å². The van der Waals surface area contributed by atoms with Gasteiger partial charge >= 0.3 is 0 Å². The van der Waals surface area contributed by atoms with Crippen LogP contribution in [0.25, 0.3) is 0 Å². The minimum atomic E-state index is -3.30. The van der Waals surface area contributed by atoms with Crippen LogP contribution in [-0.4, -0.2) is 26.9 Å². The van der Waals surface area contributed by atoms with Gasteiger partial charge in [-0.25, -0.2) is 13.6 Å². The zero-order chi connectivity index (χ0) is 9.03. The van der Waals surface area contributed by atoms with Crippen molar-refractivity contribution >= 4 is 10.0 Å². The maximum Gasteiger partial charge on any atom is 0.209 e. The normalized spacial score (nSPS) is 25.6. The number of hydrogen-bond donors (Lipinski definition) is 1. The summed E-state index contributed by atoms with van der Waals surface area (Å²) >= 11 is 0. The molecule has 1 atom stereocenters. The van der Waals surface area contributed by atoms with E-state index < -0.39 is 10.0 Å². The van der Waals surface area contributed by atoms with E-state index in [4.69, 9.17) is 9.88 Å². The molecule has 0 saturated carbocycles. The smallest absolute Gasteiger partial charge is 0.209 e. The molecule has 1 rings (SSSR count). The van der Waals surface area contributed by atoms with Gasteiger partial charge in [0.25, 0.3) is 0 Å². The van der Waals surface area contributed by atoms with Gasteiger partial charge in [0.2, 0.25) is 10.0 Å². The predicted molar refractivity (Wildman–Crippen MR) is 46.2 cm³/mol. The predicted octanol–water partition coefficient (Wildman–Crippen LogP) is 0.234. The van der Waals surface area contributed by atoms with Crippen LogP contribution >= 0.6 is 0 Å². The fourth-order valence-electron chi connectivity index (χ4n) is 1.33. The molecule has 0 radical (unpaired) electrons. The summed E-state index contributed by atoms with van der Waals surface area (Å²) in [5, 5.41) is 4.87. The van der Waals surface area contributed by atoms with Crippen molar-refractivity contribution in [3.05, 3.63) is 0 Å². The summed E-state index contributed by atoms with van der Waals surface area (Å²) in [5.41, 5.74) is 0. The van der Waals surface area contributed by atoms with E-state index in [1.54, 1.807) is 0 Å². The second-order valence-corrected chi connectivity index (χ2v) is 4.88. The van der Waals surface area contributed by atoms with Crippen LogP contribution in [0.5, 0.6) is 0 Å². The zero-order valence-corrected chi connectivity index (χ0v) is 7.85. The van der Waals surface area contributed by atoms with E-state index >= 15 is 0 Å². The second kappa shape index (κ2) is 4.20. The van der Waals surface area contributed by atoms with Gasteiger partial charge in [-0.2, -0.15) is 0 Å². The third kappa shape index (κ3) is 4.04. The van der Waals surface area contributed by atoms with Crippen molar-refractivity contribution in [3.8, 4) is 0 Å². The maximum atomic E-state index is 10.6. The quantitative estimate of drug-likeness (QED) is 0.697. The number of sulfonamides is 1. The molecule has 0 aliphatic carbocycles. The SMILES string of the molecule is NS(=O)(=O)CC[C@H]1CCCCO1. The Morgan fingerprint density at radius 3 is 2.67 bits per heavy atom. The van der Waals surface area contributed by atoms with Crippen LogP contribution in [0, 0.1) is 0 Å². The molecule has 0 aromatic carbocycles. The Labute approximate surface area is 73.1 Å². The molecule has 2 N–H and O–H groups in total. The van der Waals surface area contributed by atoms with Gasteiger partial charge in [0.05, 0.1) is 11.9 Å². The van der Waals surface area contributed by atoms with E-state index in [1.165, 1.54) is 0 Å². The van der Waals surface area contributed by atoms with Crippen LogP contribution in [-0.2, 0) is 14.8 Å². The molecule has 0 aromatic heterocycles. The van der Waals surface area contributed by atoms with Crippen molar-refractivity contribution in [2.75, 3.05) is 12.4 Å². The molecule has 0 aromatic rings. The van der Waals surface area contributed by atoms with Crippen molar-refractivity contribution in [1.29, 1.82) is 0 Å². The number of rotatable bonds is 3. The van der Waals surface area contributed by atoms with E-state index in [2.05, 4.69) is 0 Å². The van der Waals surface area contributed by atoms with Crippen molar-refractivity contribution in [2.24, 2.45) is 5.14 Å². The lowest BCUT2D eigenvalue weighted by Gasteiger charge is -2.21. The Bertz CT molecular complexity index is 219. The van der Waals surface area contributed by atoms with Gasteiger partial charge in [0.1, 0.15) is 0 Å².